The molecule has 3 nitrogen and oxygen atoms in total. The van der Waals surface area contributed by atoms with Crippen LogP contribution in [0.2, 0.25) is 0 Å². The third-order valence-corrected chi connectivity index (χ3v) is 3.64. The normalized spacial score (nSPS) is 17.9. The molecule has 1 N–H and O–H groups in total. The average molecular weight is 233 g/mol. The molecule has 0 unspecified atom stereocenters. The van der Waals surface area contributed by atoms with E-state index in [1.165, 1.54) is 19.3 Å². The summed E-state index contributed by atoms with van der Waals surface area (Å²) in [5, 5.41) is 3.47. The number of aromatic nitrogens is 2. The zero-order valence-corrected chi connectivity index (χ0v) is 11.4. The van der Waals surface area contributed by atoms with Crippen molar-refractivity contribution in [2.45, 2.75) is 52.9 Å². The van der Waals surface area contributed by atoms with Crippen LogP contribution in [0.5, 0.6) is 0 Å². The van der Waals surface area contributed by atoms with E-state index in [9.17, 15) is 0 Å². The summed E-state index contributed by atoms with van der Waals surface area (Å²) >= 11 is 0. The second-order valence-corrected chi connectivity index (χ2v) is 5.93. The van der Waals surface area contributed by atoms with E-state index in [1.54, 1.807) is 0 Å². The molecule has 0 amide bonds. The second kappa shape index (κ2) is 4.63. The Morgan fingerprint density at radius 2 is 2.06 bits per heavy atom. The predicted molar refractivity (Wildman–Crippen MR) is 71.3 cm³/mol. The molecule has 3 heteroatoms. The first kappa shape index (κ1) is 12.3. The first-order valence-electron chi connectivity index (χ1n) is 6.58. The van der Waals surface area contributed by atoms with E-state index in [4.69, 9.17) is 0 Å². The van der Waals surface area contributed by atoms with Gasteiger partial charge in [-0.1, -0.05) is 27.2 Å². The highest BCUT2D eigenvalue weighted by atomic mass is 15.0. The van der Waals surface area contributed by atoms with Gasteiger partial charge in [0.15, 0.2) is 0 Å². The van der Waals surface area contributed by atoms with E-state index < -0.39 is 0 Å². The zero-order valence-electron chi connectivity index (χ0n) is 11.4. The van der Waals surface area contributed by atoms with Gasteiger partial charge in [0.2, 0.25) is 0 Å². The molecule has 17 heavy (non-hydrogen) atoms. The van der Waals surface area contributed by atoms with Crippen LogP contribution in [0.15, 0.2) is 6.07 Å². The Labute approximate surface area is 104 Å². The van der Waals surface area contributed by atoms with E-state index in [2.05, 4.69) is 36.1 Å². The Hall–Kier alpha value is -1.12. The molecule has 0 radical (unpaired) electrons. The molecule has 94 valence electrons. The maximum Gasteiger partial charge on any atom is 0.133 e. The lowest BCUT2D eigenvalue weighted by Gasteiger charge is -2.38. The highest BCUT2D eigenvalue weighted by Crippen LogP contribution is 2.40. The summed E-state index contributed by atoms with van der Waals surface area (Å²) in [6.07, 6.45) is 4.04. The highest BCUT2D eigenvalue weighted by Gasteiger charge is 2.31. The topological polar surface area (TPSA) is 37.8 Å². The predicted octanol–water partition coefficient (Wildman–Crippen LogP) is 3.51. The van der Waals surface area contributed by atoms with Crippen LogP contribution in [0.4, 0.5) is 5.82 Å². The van der Waals surface area contributed by atoms with Crippen LogP contribution in [0.3, 0.4) is 0 Å². The van der Waals surface area contributed by atoms with Crippen LogP contribution in [0, 0.1) is 12.3 Å². The first-order valence-corrected chi connectivity index (χ1v) is 6.58. The van der Waals surface area contributed by atoms with Crippen LogP contribution in [-0.2, 0) is 0 Å². The maximum atomic E-state index is 4.57. The fourth-order valence-electron chi connectivity index (χ4n) is 2.20. The van der Waals surface area contributed by atoms with E-state index in [-0.39, 0.29) is 0 Å². The molecular weight excluding hydrogens is 210 g/mol. The maximum absolute atomic E-state index is 4.57. The van der Waals surface area contributed by atoms with Crippen molar-refractivity contribution in [2.24, 2.45) is 5.41 Å². The summed E-state index contributed by atoms with van der Waals surface area (Å²) in [5.74, 6) is 2.30. The Morgan fingerprint density at radius 3 is 2.59 bits per heavy atom. The number of nitrogens with one attached hydrogen (secondary N) is 1. The number of hydrogen-bond donors (Lipinski definition) is 1. The van der Waals surface area contributed by atoms with Crippen molar-refractivity contribution < 1.29 is 0 Å². The minimum Gasteiger partial charge on any atom is -0.369 e. The lowest BCUT2D eigenvalue weighted by molar-refractivity contribution is 0.180. The fourth-order valence-corrected chi connectivity index (χ4v) is 2.20. The largest absolute Gasteiger partial charge is 0.369 e. The molecule has 1 aromatic heterocycles. The van der Waals surface area contributed by atoms with Gasteiger partial charge in [-0.3, -0.25) is 0 Å². The third kappa shape index (κ3) is 2.96. The monoisotopic (exact) mass is 233 g/mol. The lowest BCUT2D eigenvalue weighted by atomic mass is 9.70. The molecule has 0 aliphatic heterocycles. The van der Waals surface area contributed by atoms with Gasteiger partial charge in [-0.25, -0.2) is 9.97 Å². The van der Waals surface area contributed by atoms with Crippen LogP contribution in [0.25, 0.3) is 0 Å². The minimum atomic E-state index is 0.384. The molecule has 0 bridgehead atoms. The quantitative estimate of drug-likeness (QED) is 0.864. The SMILES string of the molecule is Cc1cc(NCC2(C)CCC2)nc(C(C)C)n1. The second-order valence-electron chi connectivity index (χ2n) is 5.93. The molecule has 0 atom stereocenters. The van der Waals surface area contributed by atoms with Gasteiger partial charge in [-0.05, 0) is 25.2 Å². The Bertz CT molecular complexity index is 394. The summed E-state index contributed by atoms with van der Waals surface area (Å²) in [5.41, 5.74) is 1.53. The summed E-state index contributed by atoms with van der Waals surface area (Å²) in [7, 11) is 0. The molecule has 1 fully saturated rings. The molecule has 1 aromatic rings. The molecule has 1 aliphatic carbocycles. The molecule has 0 spiro atoms. The molecule has 1 saturated carbocycles. The smallest absolute Gasteiger partial charge is 0.133 e. The van der Waals surface area contributed by atoms with Crippen molar-refractivity contribution in [2.75, 3.05) is 11.9 Å². The zero-order chi connectivity index (χ0) is 12.5. The number of nitrogens with zero attached hydrogens (tertiary/aromatic N) is 2. The third-order valence-electron chi connectivity index (χ3n) is 3.64. The van der Waals surface area contributed by atoms with Crippen molar-refractivity contribution in [1.29, 1.82) is 0 Å². The standard InChI is InChI=1S/C14H23N3/c1-10(2)13-16-11(3)8-12(17-13)15-9-14(4)6-5-7-14/h8,10H,5-7,9H2,1-4H3,(H,15,16,17). The van der Waals surface area contributed by atoms with Crippen molar-refractivity contribution >= 4 is 5.82 Å². The van der Waals surface area contributed by atoms with Crippen LogP contribution in [-0.4, -0.2) is 16.5 Å². The van der Waals surface area contributed by atoms with Crippen molar-refractivity contribution in [3.8, 4) is 0 Å². The van der Waals surface area contributed by atoms with Crippen molar-refractivity contribution in [3.63, 3.8) is 0 Å². The summed E-state index contributed by atoms with van der Waals surface area (Å²) < 4.78 is 0. The number of hydrogen-bond acceptors (Lipinski definition) is 3. The van der Waals surface area contributed by atoms with Crippen LogP contribution >= 0.6 is 0 Å². The number of rotatable bonds is 4. The number of aryl methyl sites for hydroxylation is 1. The van der Waals surface area contributed by atoms with Gasteiger partial charge < -0.3 is 5.32 Å². The first-order chi connectivity index (χ1) is 7.98. The lowest BCUT2D eigenvalue weighted by Crippen LogP contribution is -2.33. The molecule has 1 aliphatic rings. The minimum absolute atomic E-state index is 0.384. The molecule has 0 saturated heterocycles. The van der Waals surface area contributed by atoms with E-state index >= 15 is 0 Å². The Kier molecular flexibility index (Phi) is 3.36. The van der Waals surface area contributed by atoms with Gasteiger partial charge in [0.05, 0.1) is 0 Å². The van der Waals surface area contributed by atoms with Crippen LogP contribution < -0.4 is 5.32 Å². The van der Waals surface area contributed by atoms with Crippen LogP contribution in [0.1, 0.15) is 57.5 Å². The average Bonchev–Trinajstić information content (AvgIpc) is 2.23. The van der Waals surface area contributed by atoms with Crippen molar-refractivity contribution in [1.82, 2.24) is 9.97 Å². The molecule has 0 aromatic carbocycles. The van der Waals surface area contributed by atoms with E-state index in [0.29, 0.717) is 11.3 Å². The van der Waals surface area contributed by atoms with Crippen molar-refractivity contribution in [3.05, 3.63) is 17.6 Å². The summed E-state index contributed by atoms with van der Waals surface area (Å²) in [6, 6.07) is 2.04. The molecule has 2 rings (SSSR count). The fraction of sp³-hybridized carbons (Fsp3) is 0.714. The summed E-state index contributed by atoms with van der Waals surface area (Å²) in [4.78, 5) is 9.03. The van der Waals surface area contributed by atoms with Gasteiger partial charge in [-0.15, -0.1) is 0 Å². The van der Waals surface area contributed by atoms with E-state index in [0.717, 1.165) is 23.9 Å². The Balaban J connectivity index is 2.04. The molecule has 1 heterocycles. The summed E-state index contributed by atoms with van der Waals surface area (Å²) in [6.45, 7) is 9.67. The number of anilines is 1. The van der Waals surface area contributed by atoms with E-state index in [1.807, 2.05) is 13.0 Å². The van der Waals surface area contributed by atoms with Gasteiger partial charge in [0.1, 0.15) is 11.6 Å². The highest BCUT2D eigenvalue weighted by molar-refractivity contribution is 5.36. The Morgan fingerprint density at radius 1 is 1.35 bits per heavy atom. The van der Waals surface area contributed by atoms with Gasteiger partial charge in [0, 0.05) is 24.2 Å². The van der Waals surface area contributed by atoms with Gasteiger partial charge >= 0.3 is 0 Å². The van der Waals surface area contributed by atoms with Gasteiger partial charge in [0.25, 0.3) is 0 Å². The van der Waals surface area contributed by atoms with Gasteiger partial charge in [-0.2, -0.15) is 0 Å². The molecular formula is C14H23N3.